The summed E-state index contributed by atoms with van der Waals surface area (Å²) in [4.78, 5) is 23.2. The van der Waals surface area contributed by atoms with Gasteiger partial charge >= 0.3 is 0 Å². The van der Waals surface area contributed by atoms with Crippen LogP contribution in [0.25, 0.3) is 0 Å². The minimum atomic E-state index is -0.793. The van der Waals surface area contributed by atoms with Crippen LogP contribution in [0.5, 0.6) is 0 Å². The Bertz CT molecular complexity index is 289. The molecule has 5 heteroatoms. The van der Waals surface area contributed by atoms with Crippen molar-refractivity contribution < 1.29 is 9.59 Å². The van der Waals surface area contributed by atoms with Crippen LogP contribution in [0.15, 0.2) is 0 Å². The minimum absolute atomic E-state index is 0.165. The highest BCUT2D eigenvalue weighted by Crippen LogP contribution is 2.29. The van der Waals surface area contributed by atoms with Gasteiger partial charge in [0.15, 0.2) is 0 Å². The van der Waals surface area contributed by atoms with E-state index in [0.717, 1.165) is 44.3 Å². The molecular formula is C13H23N2O2S. The van der Waals surface area contributed by atoms with Crippen LogP contribution in [0.2, 0.25) is 0 Å². The molecule has 1 radical (unpaired) electrons. The van der Waals surface area contributed by atoms with E-state index >= 15 is 0 Å². The average molecular weight is 271 g/mol. The number of rotatable bonds is 8. The van der Waals surface area contributed by atoms with Crippen molar-refractivity contribution >= 4 is 24.4 Å². The van der Waals surface area contributed by atoms with Crippen molar-refractivity contribution in [3.8, 4) is 0 Å². The molecule has 0 spiro atoms. The molecule has 3 N–H and O–H groups in total. The van der Waals surface area contributed by atoms with E-state index in [2.05, 4.69) is 17.9 Å². The Morgan fingerprint density at radius 1 is 1.22 bits per heavy atom. The quantitative estimate of drug-likeness (QED) is 0.463. The molecule has 1 rings (SSSR count). The van der Waals surface area contributed by atoms with Crippen molar-refractivity contribution in [3.63, 3.8) is 0 Å². The molecule has 0 bridgehead atoms. The van der Waals surface area contributed by atoms with Crippen molar-refractivity contribution in [1.29, 1.82) is 0 Å². The lowest BCUT2D eigenvalue weighted by Crippen LogP contribution is -2.55. The fraction of sp³-hybridized carbons (Fsp3) is 0.769. The van der Waals surface area contributed by atoms with Crippen LogP contribution in [0.4, 0.5) is 0 Å². The molecule has 4 nitrogen and oxygen atoms in total. The topological polar surface area (TPSA) is 72.2 Å². The first-order valence-electron chi connectivity index (χ1n) is 6.67. The van der Waals surface area contributed by atoms with Crippen LogP contribution in [0, 0.1) is 6.42 Å². The van der Waals surface area contributed by atoms with Crippen LogP contribution >= 0.6 is 12.6 Å². The molecule has 0 heterocycles. The molecule has 0 aromatic rings. The number of carbonyl (C=O) groups is 2. The molecule has 0 aromatic carbocycles. The van der Waals surface area contributed by atoms with Crippen LogP contribution in [0.3, 0.4) is 0 Å². The zero-order chi connectivity index (χ0) is 13.4. The maximum Gasteiger partial charge on any atom is 0.243 e. The molecule has 0 aromatic heterocycles. The van der Waals surface area contributed by atoms with E-state index < -0.39 is 11.4 Å². The number of nitrogens with one attached hydrogen (secondary N) is 1. The Morgan fingerprint density at radius 3 is 2.44 bits per heavy atom. The highest BCUT2D eigenvalue weighted by atomic mass is 32.1. The van der Waals surface area contributed by atoms with Gasteiger partial charge in [-0.05, 0) is 31.4 Å². The first-order chi connectivity index (χ1) is 8.60. The van der Waals surface area contributed by atoms with Gasteiger partial charge in [0.25, 0.3) is 0 Å². The molecule has 103 valence electrons. The van der Waals surface area contributed by atoms with E-state index in [1.54, 1.807) is 6.42 Å². The predicted octanol–water partition coefficient (Wildman–Crippen LogP) is 1.60. The lowest BCUT2D eigenvalue weighted by atomic mass is 9.96. The van der Waals surface area contributed by atoms with Gasteiger partial charge in [0.1, 0.15) is 5.54 Å². The second-order valence-electron chi connectivity index (χ2n) is 4.92. The van der Waals surface area contributed by atoms with Gasteiger partial charge in [-0.2, -0.15) is 12.6 Å². The zero-order valence-electron chi connectivity index (χ0n) is 10.8. The Balaban J connectivity index is 2.27. The molecule has 1 saturated carbocycles. The largest absolute Gasteiger partial charge is 0.368 e. The predicted molar refractivity (Wildman–Crippen MR) is 75.2 cm³/mol. The molecule has 0 aliphatic heterocycles. The summed E-state index contributed by atoms with van der Waals surface area (Å²) in [6.45, 7) is 0. The number of thiol groups is 1. The summed E-state index contributed by atoms with van der Waals surface area (Å²) in [5, 5.41) is 2.80. The summed E-state index contributed by atoms with van der Waals surface area (Å²) in [6.07, 6.45) is 8.74. The van der Waals surface area contributed by atoms with Crippen molar-refractivity contribution in [1.82, 2.24) is 5.32 Å². The van der Waals surface area contributed by atoms with E-state index in [9.17, 15) is 9.59 Å². The summed E-state index contributed by atoms with van der Waals surface area (Å²) >= 11 is 4.13. The maximum atomic E-state index is 11.8. The summed E-state index contributed by atoms with van der Waals surface area (Å²) in [5.41, 5.74) is 4.61. The molecule has 0 atom stereocenters. The molecule has 0 saturated heterocycles. The Morgan fingerprint density at radius 2 is 1.89 bits per heavy atom. The number of primary amides is 1. The Kier molecular flexibility index (Phi) is 6.54. The van der Waals surface area contributed by atoms with Crippen molar-refractivity contribution in [2.45, 2.75) is 56.9 Å². The standard InChI is InChI=1S/C13H23N2O2S/c14-12(17)13(8-4-5-9-13)15-11(16)7-3-1-2-6-10-18/h7,18H,1-6,8-10H2,(H2,14,17)(H,15,16). The maximum absolute atomic E-state index is 11.8. The van der Waals surface area contributed by atoms with Gasteiger partial charge in [-0.25, -0.2) is 0 Å². The number of amides is 2. The molecular weight excluding hydrogens is 248 g/mol. The number of unbranched alkanes of at least 4 members (excludes halogenated alkanes) is 3. The van der Waals surface area contributed by atoms with Crippen LogP contribution in [-0.2, 0) is 9.59 Å². The Hall–Kier alpha value is -0.710. The first-order valence-corrected chi connectivity index (χ1v) is 7.30. The van der Waals surface area contributed by atoms with Crippen LogP contribution in [-0.4, -0.2) is 23.1 Å². The zero-order valence-corrected chi connectivity index (χ0v) is 11.7. The second kappa shape index (κ2) is 7.67. The second-order valence-corrected chi connectivity index (χ2v) is 5.37. The van der Waals surface area contributed by atoms with Crippen molar-refractivity contribution in [2.75, 3.05) is 5.75 Å². The van der Waals surface area contributed by atoms with Gasteiger partial charge in [0.05, 0.1) is 0 Å². The SMILES string of the molecule is NC(=O)C1(NC(=O)[CH]CCCCCS)CCCC1. The summed E-state index contributed by atoms with van der Waals surface area (Å²) in [6, 6.07) is 0. The van der Waals surface area contributed by atoms with Gasteiger partial charge in [-0.15, -0.1) is 0 Å². The number of hydrogen-bond acceptors (Lipinski definition) is 3. The normalized spacial score (nSPS) is 17.6. The van der Waals surface area contributed by atoms with E-state index in [1.165, 1.54) is 0 Å². The third-order valence-electron chi connectivity index (χ3n) is 3.48. The van der Waals surface area contributed by atoms with E-state index in [-0.39, 0.29) is 5.91 Å². The van der Waals surface area contributed by atoms with Gasteiger partial charge in [-0.1, -0.05) is 25.7 Å². The average Bonchev–Trinajstić information content (AvgIpc) is 2.78. The molecule has 18 heavy (non-hydrogen) atoms. The van der Waals surface area contributed by atoms with E-state index in [1.807, 2.05) is 0 Å². The number of hydrogen-bond donors (Lipinski definition) is 3. The molecule has 0 unspecified atom stereocenters. The highest BCUT2D eigenvalue weighted by molar-refractivity contribution is 7.80. The summed E-state index contributed by atoms with van der Waals surface area (Å²) < 4.78 is 0. The monoisotopic (exact) mass is 271 g/mol. The molecule has 1 fully saturated rings. The fourth-order valence-corrected chi connectivity index (χ4v) is 2.59. The molecule has 1 aliphatic carbocycles. The molecule has 1 aliphatic rings. The number of carbonyl (C=O) groups excluding carboxylic acids is 2. The van der Waals surface area contributed by atoms with Gasteiger partial charge < -0.3 is 11.1 Å². The fourth-order valence-electron chi connectivity index (χ4n) is 2.36. The summed E-state index contributed by atoms with van der Waals surface area (Å²) in [7, 11) is 0. The molecule has 2 amide bonds. The first kappa shape index (κ1) is 15.3. The van der Waals surface area contributed by atoms with E-state index in [4.69, 9.17) is 5.73 Å². The Labute approximate surface area is 114 Å². The van der Waals surface area contributed by atoms with Crippen LogP contribution in [0.1, 0.15) is 51.4 Å². The number of nitrogens with two attached hydrogens (primary N) is 1. The summed E-state index contributed by atoms with van der Waals surface area (Å²) in [5.74, 6) is 0.315. The van der Waals surface area contributed by atoms with Gasteiger partial charge in [0.2, 0.25) is 11.8 Å². The van der Waals surface area contributed by atoms with Gasteiger partial charge in [-0.3, -0.25) is 9.59 Å². The minimum Gasteiger partial charge on any atom is -0.368 e. The lowest BCUT2D eigenvalue weighted by molar-refractivity contribution is -0.130. The van der Waals surface area contributed by atoms with Gasteiger partial charge in [0, 0.05) is 6.42 Å². The third-order valence-corrected chi connectivity index (χ3v) is 3.80. The van der Waals surface area contributed by atoms with Crippen molar-refractivity contribution in [3.05, 3.63) is 6.42 Å². The van der Waals surface area contributed by atoms with Crippen LogP contribution < -0.4 is 11.1 Å². The van der Waals surface area contributed by atoms with E-state index in [0.29, 0.717) is 12.8 Å². The van der Waals surface area contributed by atoms with Crippen molar-refractivity contribution in [2.24, 2.45) is 5.73 Å². The lowest BCUT2D eigenvalue weighted by Gasteiger charge is -2.26. The smallest absolute Gasteiger partial charge is 0.243 e. The third kappa shape index (κ3) is 4.52. The highest BCUT2D eigenvalue weighted by Gasteiger charge is 2.40.